The van der Waals surface area contributed by atoms with E-state index < -0.39 is 31.4 Å². The molecule has 0 unspecified atom stereocenters. The molecule has 15 nitrogen and oxygen atoms in total. The van der Waals surface area contributed by atoms with Gasteiger partial charge in [0.1, 0.15) is 17.1 Å². The highest BCUT2D eigenvalue weighted by atomic mass is 35.5. The first kappa shape index (κ1) is 44.7. The van der Waals surface area contributed by atoms with E-state index in [-0.39, 0.29) is 22.4 Å². The molecule has 3 saturated heterocycles. The lowest BCUT2D eigenvalue weighted by atomic mass is 9.70. The number of likely N-dealkylation sites (tertiary alicyclic amines) is 1. The van der Waals surface area contributed by atoms with Crippen LogP contribution < -0.4 is 25.0 Å². The van der Waals surface area contributed by atoms with Crippen molar-refractivity contribution < 1.29 is 27.6 Å². The predicted molar refractivity (Wildman–Crippen MR) is 253 cm³/mol. The topological polar surface area (TPSA) is 184 Å². The van der Waals surface area contributed by atoms with Gasteiger partial charge < -0.3 is 30.0 Å². The number of halogens is 1. The lowest BCUT2D eigenvalue weighted by Gasteiger charge is -2.41. The van der Waals surface area contributed by atoms with Crippen LogP contribution in [-0.4, -0.2) is 99.2 Å². The zero-order valence-electron chi connectivity index (χ0n) is 36.9. The second-order valence-electron chi connectivity index (χ2n) is 18.4. The molecule has 0 bridgehead atoms. The zero-order chi connectivity index (χ0) is 45.5. The number of fused-ring (bicyclic) bond motifs is 1. The molecule has 4 aliphatic rings. The van der Waals surface area contributed by atoms with Gasteiger partial charge in [0.25, 0.3) is 21.6 Å². The van der Waals surface area contributed by atoms with Crippen LogP contribution in [0, 0.1) is 28.4 Å². The number of hydrogen-bond donors (Lipinski definition) is 4. The van der Waals surface area contributed by atoms with Gasteiger partial charge in [-0.2, -0.15) is 0 Å². The smallest absolute Gasteiger partial charge is 0.293 e. The van der Waals surface area contributed by atoms with Crippen LogP contribution in [0.5, 0.6) is 11.5 Å². The Bertz CT molecular complexity index is 2760. The molecule has 3 fully saturated rings. The van der Waals surface area contributed by atoms with Crippen LogP contribution in [-0.2, 0) is 14.8 Å². The van der Waals surface area contributed by atoms with Crippen molar-refractivity contribution in [3.8, 4) is 11.5 Å². The van der Waals surface area contributed by atoms with E-state index >= 15 is 0 Å². The quantitative estimate of drug-likeness (QED) is 0.0655. The molecule has 3 aliphatic heterocycles. The molecule has 9 rings (SSSR count). The van der Waals surface area contributed by atoms with Gasteiger partial charge in [-0.15, -0.1) is 0 Å². The number of carbonyl (C=O) groups is 1. The molecule has 0 saturated carbocycles. The van der Waals surface area contributed by atoms with E-state index in [0.29, 0.717) is 73.2 Å². The number of nitro groups is 1. The zero-order valence-corrected chi connectivity index (χ0v) is 38.5. The number of amides is 1. The average Bonchev–Trinajstić information content (AvgIpc) is 3.74. The molecule has 0 atom stereocenters. The summed E-state index contributed by atoms with van der Waals surface area (Å²) in [4.78, 5) is 38.6. The molecular formula is C48H55ClN8O7S. The lowest BCUT2D eigenvalue weighted by Crippen LogP contribution is -2.52. The van der Waals surface area contributed by atoms with Crippen molar-refractivity contribution in [2.75, 3.05) is 69.2 Å². The van der Waals surface area contributed by atoms with Gasteiger partial charge in [0, 0.05) is 55.4 Å². The number of rotatable bonds is 13. The van der Waals surface area contributed by atoms with Gasteiger partial charge in [0.05, 0.1) is 46.5 Å². The normalized spacial score (nSPS) is 18.7. The molecule has 2 aromatic heterocycles. The number of pyridine rings is 1. The summed E-state index contributed by atoms with van der Waals surface area (Å²) in [7, 11) is -4.66. The molecule has 5 heterocycles. The van der Waals surface area contributed by atoms with E-state index in [9.17, 15) is 23.3 Å². The summed E-state index contributed by atoms with van der Waals surface area (Å²) < 4.78 is 43.0. The van der Waals surface area contributed by atoms with Gasteiger partial charge in [0.15, 0.2) is 5.75 Å². The number of nitrogens with one attached hydrogen (secondary N) is 4. The summed E-state index contributed by atoms with van der Waals surface area (Å²) in [6, 6.07) is 17.4. The highest BCUT2D eigenvalue weighted by Gasteiger charge is 2.35. The number of piperidine rings is 1. The first-order valence-corrected chi connectivity index (χ1v) is 24.2. The number of ether oxygens (including phenoxy) is 2. The monoisotopic (exact) mass is 922 g/mol. The third-order valence-corrected chi connectivity index (χ3v) is 15.0. The average molecular weight is 924 g/mol. The number of benzene rings is 3. The van der Waals surface area contributed by atoms with Crippen LogP contribution in [0.15, 0.2) is 78.0 Å². The number of piperazine rings is 1. The van der Waals surface area contributed by atoms with E-state index in [4.69, 9.17) is 21.1 Å². The Kier molecular flexibility index (Phi) is 12.6. The number of nitro benzene ring substituents is 1. The van der Waals surface area contributed by atoms with Gasteiger partial charge in [-0.3, -0.25) is 19.8 Å². The molecule has 5 aromatic rings. The fraction of sp³-hybridized carbons (Fsp3) is 0.417. The van der Waals surface area contributed by atoms with E-state index in [1.807, 2.05) is 43.3 Å². The second-order valence-corrected chi connectivity index (χ2v) is 20.5. The fourth-order valence-corrected chi connectivity index (χ4v) is 10.7. The SMILES string of the molecule is Cc1c(C2=C(c3ccc(Cl)cc3)CC(C)(C)CC2)cc(C(=O)NS(=O)(=O)c2ccc(NCC3CCN(C4COC4)CC3)c([N+](=O)[O-])c2)c(Oc2cnc3[nH]ccc3c2)c1N1CCNCC1. The molecule has 3 aromatic carbocycles. The van der Waals surface area contributed by atoms with Crippen LogP contribution in [0.25, 0.3) is 22.2 Å². The van der Waals surface area contributed by atoms with Crippen molar-refractivity contribution in [1.82, 2.24) is 24.9 Å². The van der Waals surface area contributed by atoms with Gasteiger partial charge >= 0.3 is 0 Å². The van der Waals surface area contributed by atoms with E-state index in [0.717, 1.165) is 91.3 Å². The van der Waals surface area contributed by atoms with Crippen LogP contribution >= 0.6 is 11.6 Å². The van der Waals surface area contributed by atoms with Crippen LogP contribution in [0.4, 0.5) is 17.1 Å². The molecular weight excluding hydrogens is 868 g/mol. The van der Waals surface area contributed by atoms with Gasteiger partial charge in [-0.1, -0.05) is 37.6 Å². The van der Waals surface area contributed by atoms with E-state index in [2.05, 4.69) is 49.0 Å². The number of nitrogens with zero attached hydrogens (tertiary/aromatic N) is 4. The third kappa shape index (κ3) is 9.59. The number of aromatic amines is 1. The Hall–Kier alpha value is -5.52. The van der Waals surface area contributed by atoms with Crippen molar-refractivity contribution in [2.24, 2.45) is 11.3 Å². The summed E-state index contributed by atoms with van der Waals surface area (Å²) >= 11 is 6.37. The maximum atomic E-state index is 14.9. The Morgan fingerprint density at radius 2 is 1.78 bits per heavy atom. The third-order valence-electron chi connectivity index (χ3n) is 13.4. The molecule has 1 amide bonds. The van der Waals surface area contributed by atoms with Crippen molar-refractivity contribution in [3.63, 3.8) is 0 Å². The first-order valence-electron chi connectivity index (χ1n) is 22.4. The van der Waals surface area contributed by atoms with Crippen LogP contribution in [0.1, 0.15) is 73.0 Å². The molecule has 0 spiro atoms. The lowest BCUT2D eigenvalue weighted by molar-refractivity contribution is -0.384. The number of anilines is 2. The van der Waals surface area contributed by atoms with Crippen molar-refractivity contribution in [2.45, 2.75) is 63.8 Å². The van der Waals surface area contributed by atoms with Crippen LogP contribution in [0.2, 0.25) is 5.02 Å². The number of carbonyl (C=O) groups excluding carboxylic acids is 1. The number of sulfonamides is 1. The Morgan fingerprint density at radius 3 is 2.49 bits per heavy atom. The molecule has 17 heteroatoms. The summed E-state index contributed by atoms with van der Waals surface area (Å²) in [6.07, 6.45) is 7.58. The maximum absolute atomic E-state index is 14.9. The summed E-state index contributed by atoms with van der Waals surface area (Å²) in [5, 5.41) is 20.5. The highest BCUT2D eigenvalue weighted by Crippen LogP contribution is 2.50. The van der Waals surface area contributed by atoms with Crippen LogP contribution in [0.3, 0.4) is 0 Å². The standard InChI is InChI=1S/C48H55ClN8O7S/c1-30-39(38-10-14-48(2,3)25-41(38)32-4-6-34(49)7-5-32)24-40(45(44(30)56-20-16-50-17-21-56)64-36-22-33-11-15-51-46(33)53-27-36)47(58)54-65(61,62)37-8-9-42(43(23-37)57(59)60)52-26-31-12-18-55(19-13-31)35-28-63-29-35/h4-9,11,15,22-24,27,31,35,50,52H,10,12-14,16-21,25-26,28-29H2,1-3H3,(H,51,53)(H,54,58). The Balaban J connectivity index is 1.10. The first-order chi connectivity index (χ1) is 31.2. The minimum absolute atomic E-state index is 0.00617. The summed E-state index contributed by atoms with van der Waals surface area (Å²) in [5.74, 6) is -0.104. The summed E-state index contributed by atoms with van der Waals surface area (Å²) in [5.41, 5.74) is 6.01. The number of allylic oxidation sites excluding steroid dienone is 2. The minimum Gasteiger partial charge on any atom is -0.453 e. The van der Waals surface area contributed by atoms with Gasteiger partial charge in [0.2, 0.25) is 0 Å². The predicted octanol–water partition coefficient (Wildman–Crippen LogP) is 8.40. The van der Waals surface area contributed by atoms with Gasteiger partial charge in [-0.25, -0.2) is 18.1 Å². The largest absolute Gasteiger partial charge is 0.453 e. The van der Waals surface area contributed by atoms with E-state index in [1.54, 1.807) is 18.5 Å². The summed E-state index contributed by atoms with van der Waals surface area (Å²) in [6.45, 7) is 13.0. The Labute approximate surface area is 384 Å². The highest BCUT2D eigenvalue weighted by molar-refractivity contribution is 7.90. The van der Waals surface area contributed by atoms with Crippen molar-refractivity contribution in [3.05, 3.63) is 110 Å². The molecule has 65 heavy (non-hydrogen) atoms. The molecule has 4 N–H and O–H groups in total. The van der Waals surface area contributed by atoms with E-state index in [1.165, 1.54) is 12.1 Å². The minimum atomic E-state index is -4.66. The maximum Gasteiger partial charge on any atom is 0.293 e. The number of hydrogen-bond acceptors (Lipinski definition) is 12. The second kappa shape index (κ2) is 18.4. The fourth-order valence-electron chi connectivity index (χ4n) is 9.63. The Morgan fingerprint density at radius 1 is 1.03 bits per heavy atom. The number of H-pyrrole nitrogens is 1. The molecule has 0 radical (unpaired) electrons. The van der Waals surface area contributed by atoms with Crippen molar-refractivity contribution >= 4 is 66.8 Å². The number of aromatic nitrogens is 2. The van der Waals surface area contributed by atoms with Gasteiger partial charge in [-0.05, 0) is 134 Å². The van der Waals surface area contributed by atoms with Crippen molar-refractivity contribution in [1.29, 1.82) is 0 Å². The molecule has 1 aliphatic carbocycles. The molecule has 342 valence electrons.